The number of piperidine rings is 1. The first-order chi connectivity index (χ1) is 10.0. The van der Waals surface area contributed by atoms with Crippen LogP contribution >= 0.6 is 0 Å². The van der Waals surface area contributed by atoms with E-state index in [1.54, 1.807) is 0 Å². The van der Waals surface area contributed by atoms with Gasteiger partial charge in [0, 0.05) is 18.0 Å². The molecule has 1 aromatic carbocycles. The van der Waals surface area contributed by atoms with Gasteiger partial charge < -0.3 is 10.1 Å². The maximum atomic E-state index is 12.8. The van der Waals surface area contributed by atoms with E-state index in [1.165, 1.54) is 0 Å². The number of Topliss-reactive ketones (excluding diaryl/α,β-unsaturated/α-hetero) is 1. The maximum Gasteiger partial charge on any atom is 0.167 e. The van der Waals surface area contributed by atoms with Crippen molar-refractivity contribution in [3.05, 3.63) is 28.8 Å². The Morgan fingerprint density at radius 1 is 1.43 bits per heavy atom. The summed E-state index contributed by atoms with van der Waals surface area (Å²) in [5.74, 6) is 1.67. The van der Waals surface area contributed by atoms with E-state index in [2.05, 4.69) is 25.2 Å². The molecule has 0 radical (unpaired) electrons. The minimum atomic E-state index is 0.121. The van der Waals surface area contributed by atoms with Gasteiger partial charge in [0.15, 0.2) is 5.78 Å². The number of ether oxygens (including phenoxy) is 1. The van der Waals surface area contributed by atoms with Gasteiger partial charge in [-0.2, -0.15) is 0 Å². The number of hydrogen-bond acceptors (Lipinski definition) is 3. The average Bonchev–Trinajstić information content (AvgIpc) is 2.47. The van der Waals surface area contributed by atoms with E-state index < -0.39 is 0 Å². The molecule has 116 valence electrons. The Morgan fingerprint density at radius 3 is 2.76 bits per heavy atom. The van der Waals surface area contributed by atoms with Gasteiger partial charge in [-0.3, -0.25) is 4.79 Å². The molecule has 2 rings (SSSR count). The molecule has 0 aromatic heterocycles. The van der Waals surface area contributed by atoms with E-state index in [-0.39, 0.29) is 11.7 Å². The molecule has 21 heavy (non-hydrogen) atoms. The highest BCUT2D eigenvalue weighted by atomic mass is 16.5. The largest absolute Gasteiger partial charge is 0.494 e. The van der Waals surface area contributed by atoms with E-state index in [0.717, 1.165) is 48.4 Å². The second-order valence-corrected chi connectivity index (χ2v) is 6.20. The lowest BCUT2D eigenvalue weighted by atomic mass is 9.87. The Hall–Kier alpha value is -1.35. The van der Waals surface area contributed by atoms with E-state index in [9.17, 15) is 4.79 Å². The van der Waals surface area contributed by atoms with Crippen LogP contribution in [0.4, 0.5) is 0 Å². The lowest BCUT2D eigenvalue weighted by Gasteiger charge is -2.23. The third kappa shape index (κ3) is 3.65. The van der Waals surface area contributed by atoms with Gasteiger partial charge in [-0.1, -0.05) is 13.8 Å². The molecule has 1 saturated heterocycles. The van der Waals surface area contributed by atoms with Crippen molar-refractivity contribution in [1.82, 2.24) is 5.32 Å². The molecule has 1 aromatic rings. The number of nitrogens with one attached hydrogen (secondary N) is 1. The Labute approximate surface area is 128 Å². The Bertz CT molecular complexity index is 502. The first kappa shape index (κ1) is 16.0. The van der Waals surface area contributed by atoms with Crippen molar-refractivity contribution < 1.29 is 9.53 Å². The molecular weight excluding hydrogens is 262 g/mol. The van der Waals surface area contributed by atoms with Gasteiger partial charge in [0.25, 0.3) is 0 Å². The molecule has 1 aliphatic heterocycles. The fourth-order valence-corrected chi connectivity index (χ4v) is 2.99. The standard InChI is InChI=1S/C18H27NO2/c1-5-21-17-9-13(4)16(10-15(17)12(2)3)18(20)14-7-6-8-19-11-14/h9-10,12,14,19H,5-8,11H2,1-4H3. The summed E-state index contributed by atoms with van der Waals surface area (Å²) >= 11 is 0. The zero-order chi connectivity index (χ0) is 15.4. The fourth-order valence-electron chi connectivity index (χ4n) is 2.99. The van der Waals surface area contributed by atoms with Crippen LogP contribution in [0.15, 0.2) is 12.1 Å². The van der Waals surface area contributed by atoms with Crippen LogP contribution < -0.4 is 10.1 Å². The highest BCUT2D eigenvalue weighted by Gasteiger charge is 2.24. The number of rotatable bonds is 5. The quantitative estimate of drug-likeness (QED) is 0.840. The van der Waals surface area contributed by atoms with Crippen molar-refractivity contribution in [1.29, 1.82) is 0 Å². The number of carbonyl (C=O) groups excluding carboxylic acids is 1. The Kier molecular flexibility index (Phi) is 5.40. The molecule has 0 saturated carbocycles. The normalized spacial score (nSPS) is 18.8. The summed E-state index contributed by atoms with van der Waals surface area (Å²) in [4.78, 5) is 12.8. The van der Waals surface area contributed by atoms with Crippen LogP contribution in [0, 0.1) is 12.8 Å². The van der Waals surface area contributed by atoms with Gasteiger partial charge >= 0.3 is 0 Å². The number of ketones is 1. The zero-order valence-electron chi connectivity index (χ0n) is 13.7. The summed E-state index contributed by atoms with van der Waals surface area (Å²) in [5, 5.41) is 3.33. The van der Waals surface area contributed by atoms with Gasteiger partial charge in [0.1, 0.15) is 5.75 Å². The smallest absolute Gasteiger partial charge is 0.167 e. The molecule has 1 N–H and O–H groups in total. The SMILES string of the molecule is CCOc1cc(C)c(C(=O)C2CCCNC2)cc1C(C)C. The topological polar surface area (TPSA) is 38.3 Å². The van der Waals surface area contributed by atoms with Crippen LogP contribution in [0.25, 0.3) is 0 Å². The van der Waals surface area contributed by atoms with E-state index >= 15 is 0 Å². The van der Waals surface area contributed by atoms with Crippen LogP contribution in [0.3, 0.4) is 0 Å². The monoisotopic (exact) mass is 289 g/mol. The Balaban J connectivity index is 2.34. The van der Waals surface area contributed by atoms with Crippen molar-refractivity contribution in [2.45, 2.75) is 46.5 Å². The fraction of sp³-hybridized carbons (Fsp3) is 0.611. The van der Waals surface area contributed by atoms with E-state index in [4.69, 9.17) is 4.74 Å². The molecule has 3 heteroatoms. The summed E-state index contributed by atoms with van der Waals surface area (Å²) in [7, 11) is 0. The van der Waals surface area contributed by atoms with Gasteiger partial charge in [-0.25, -0.2) is 0 Å². The summed E-state index contributed by atoms with van der Waals surface area (Å²) in [6, 6.07) is 4.09. The molecule has 0 aliphatic carbocycles. The lowest BCUT2D eigenvalue weighted by molar-refractivity contribution is 0.0899. The number of hydrogen-bond donors (Lipinski definition) is 1. The van der Waals surface area contributed by atoms with Gasteiger partial charge in [-0.05, 0) is 62.4 Å². The third-order valence-electron chi connectivity index (χ3n) is 4.21. The van der Waals surface area contributed by atoms with Crippen LogP contribution in [-0.4, -0.2) is 25.5 Å². The first-order valence-electron chi connectivity index (χ1n) is 8.06. The molecule has 3 nitrogen and oxygen atoms in total. The highest BCUT2D eigenvalue weighted by molar-refractivity contribution is 5.99. The number of aryl methyl sites for hydroxylation is 1. The molecule has 1 aliphatic rings. The minimum absolute atomic E-state index is 0.121. The molecule has 0 bridgehead atoms. The van der Waals surface area contributed by atoms with Gasteiger partial charge in [-0.15, -0.1) is 0 Å². The first-order valence-corrected chi connectivity index (χ1v) is 8.06. The lowest BCUT2D eigenvalue weighted by Crippen LogP contribution is -2.34. The second-order valence-electron chi connectivity index (χ2n) is 6.20. The molecule has 0 amide bonds. The predicted octanol–water partition coefficient (Wildman–Crippen LogP) is 3.70. The molecule has 1 unspecified atom stereocenters. The average molecular weight is 289 g/mol. The maximum absolute atomic E-state index is 12.8. The highest BCUT2D eigenvalue weighted by Crippen LogP contribution is 2.31. The van der Waals surface area contributed by atoms with Crippen molar-refractivity contribution in [3.63, 3.8) is 0 Å². The minimum Gasteiger partial charge on any atom is -0.494 e. The van der Waals surface area contributed by atoms with Crippen molar-refractivity contribution >= 4 is 5.78 Å². The van der Waals surface area contributed by atoms with Crippen LogP contribution in [0.1, 0.15) is 61.0 Å². The summed E-state index contributed by atoms with van der Waals surface area (Å²) < 4.78 is 5.74. The second kappa shape index (κ2) is 7.08. The zero-order valence-corrected chi connectivity index (χ0v) is 13.7. The number of benzene rings is 1. The van der Waals surface area contributed by atoms with Crippen molar-refractivity contribution in [2.24, 2.45) is 5.92 Å². The summed E-state index contributed by atoms with van der Waals surface area (Å²) in [6.45, 7) is 10.8. The molecular formula is C18H27NO2. The molecule has 1 fully saturated rings. The van der Waals surface area contributed by atoms with Crippen molar-refractivity contribution in [2.75, 3.05) is 19.7 Å². The van der Waals surface area contributed by atoms with Crippen molar-refractivity contribution in [3.8, 4) is 5.75 Å². The molecule has 0 spiro atoms. The summed E-state index contributed by atoms with van der Waals surface area (Å²) in [5.41, 5.74) is 3.03. The van der Waals surface area contributed by atoms with Crippen LogP contribution in [-0.2, 0) is 0 Å². The summed E-state index contributed by atoms with van der Waals surface area (Å²) in [6.07, 6.45) is 2.08. The van der Waals surface area contributed by atoms with Gasteiger partial charge in [0.05, 0.1) is 6.61 Å². The third-order valence-corrected chi connectivity index (χ3v) is 4.21. The number of carbonyl (C=O) groups is 1. The molecule has 1 heterocycles. The van der Waals surface area contributed by atoms with Gasteiger partial charge in [0.2, 0.25) is 0 Å². The predicted molar refractivity (Wildman–Crippen MR) is 86.4 cm³/mol. The van der Waals surface area contributed by atoms with E-state index in [1.807, 2.05) is 19.9 Å². The van der Waals surface area contributed by atoms with Crippen LogP contribution in [0.5, 0.6) is 5.75 Å². The molecule has 1 atom stereocenters. The Morgan fingerprint density at radius 2 is 2.19 bits per heavy atom. The van der Waals surface area contributed by atoms with Crippen LogP contribution in [0.2, 0.25) is 0 Å². The van der Waals surface area contributed by atoms with E-state index in [0.29, 0.717) is 12.5 Å².